The maximum Gasteiger partial charge on any atom is 0.267 e. The van der Waals surface area contributed by atoms with E-state index in [0.29, 0.717) is 17.1 Å². The second-order valence-corrected chi connectivity index (χ2v) is 9.64. The first-order chi connectivity index (χ1) is 17.3. The molecule has 182 valence electrons. The van der Waals surface area contributed by atoms with Gasteiger partial charge in [0, 0.05) is 24.9 Å². The summed E-state index contributed by atoms with van der Waals surface area (Å²) >= 11 is 0. The average molecular weight is 504 g/mol. The van der Waals surface area contributed by atoms with Crippen LogP contribution in [0.25, 0.3) is 16.9 Å². The Hall–Kier alpha value is -4.65. The second-order valence-electron chi connectivity index (χ2n) is 7.96. The Labute approximate surface area is 206 Å². The number of ether oxygens (including phenoxy) is 1. The molecule has 0 radical (unpaired) electrons. The molecule has 12 nitrogen and oxygen atoms in total. The van der Waals surface area contributed by atoms with Crippen LogP contribution in [0.3, 0.4) is 0 Å². The first kappa shape index (κ1) is 23.1. The predicted octanol–water partition coefficient (Wildman–Crippen LogP) is 3.06. The summed E-state index contributed by atoms with van der Waals surface area (Å²) in [6.07, 6.45) is 3.98. The van der Waals surface area contributed by atoms with Crippen molar-refractivity contribution < 1.29 is 13.2 Å². The number of sulfonamides is 1. The van der Waals surface area contributed by atoms with Gasteiger partial charge in [-0.15, -0.1) is 15.0 Å². The molecule has 13 heteroatoms. The van der Waals surface area contributed by atoms with E-state index in [1.807, 2.05) is 32.0 Å². The number of anilines is 1. The number of hydrogen-bond acceptors (Lipinski definition) is 9. The van der Waals surface area contributed by atoms with E-state index >= 15 is 0 Å². The van der Waals surface area contributed by atoms with Crippen molar-refractivity contribution in [2.24, 2.45) is 7.05 Å². The summed E-state index contributed by atoms with van der Waals surface area (Å²) < 4.78 is 35.7. The Balaban J connectivity index is 1.53. The summed E-state index contributed by atoms with van der Waals surface area (Å²) in [5, 5.41) is 15.5. The normalized spacial score (nSPS) is 11.4. The van der Waals surface area contributed by atoms with Crippen molar-refractivity contribution in [3.8, 4) is 28.6 Å². The highest BCUT2D eigenvalue weighted by atomic mass is 32.2. The highest BCUT2D eigenvalue weighted by Crippen LogP contribution is 2.31. The number of nitrogens with one attached hydrogen (secondary N) is 1. The van der Waals surface area contributed by atoms with Gasteiger partial charge < -0.3 is 4.74 Å². The number of rotatable bonds is 7. The van der Waals surface area contributed by atoms with E-state index < -0.39 is 10.0 Å². The summed E-state index contributed by atoms with van der Waals surface area (Å²) in [7, 11) is -2.34. The van der Waals surface area contributed by atoms with Crippen molar-refractivity contribution in [1.82, 2.24) is 40.0 Å². The Morgan fingerprint density at radius 2 is 1.72 bits per heavy atom. The molecule has 1 N–H and O–H groups in total. The van der Waals surface area contributed by atoms with Gasteiger partial charge >= 0.3 is 0 Å². The number of aryl methyl sites for hydroxylation is 3. The molecule has 0 aliphatic carbocycles. The lowest BCUT2D eigenvalue weighted by Gasteiger charge is -2.13. The molecule has 3 heterocycles. The molecule has 3 aromatic heterocycles. The van der Waals surface area contributed by atoms with Crippen LogP contribution in [0.15, 0.2) is 72.1 Å². The molecule has 5 rings (SSSR count). The van der Waals surface area contributed by atoms with Crippen LogP contribution < -0.4 is 9.46 Å². The third-order valence-electron chi connectivity index (χ3n) is 5.30. The molecule has 0 aliphatic rings. The summed E-state index contributed by atoms with van der Waals surface area (Å²) in [5.74, 6) is 0.515. The number of tetrazole rings is 1. The predicted molar refractivity (Wildman–Crippen MR) is 130 cm³/mol. The van der Waals surface area contributed by atoms with Crippen LogP contribution in [0, 0.1) is 13.8 Å². The summed E-state index contributed by atoms with van der Waals surface area (Å²) in [6.45, 7) is 3.92. The van der Waals surface area contributed by atoms with Crippen LogP contribution in [0.4, 0.5) is 5.95 Å². The van der Waals surface area contributed by atoms with Gasteiger partial charge in [0.2, 0.25) is 11.8 Å². The molecular weight excluding hydrogens is 482 g/mol. The monoisotopic (exact) mass is 503 g/mol. The zero-order chi connectivity index (χ0) is 25.3. The van der Waals surface area contributed by atoms with Crippen molar-refractivity contribution in [3.63, 3.8) is 0 Å². The fourth-order valence-electron chi connectivity index (χ4n) is 3.64. The molecule has 5 aromatic rings. The molecule has 0 bridgehead atoms. The van der Waals surface area contributed by atoms with Crippen LogP contribution in [0.1, 0.15) is 11.1 Å². The van der Waals surface area contributed by atoms with Gasteiger partial charge in [0.05, 0.1) is 17.6 Å². The number of nitrogens with zero attached hydrogens (tertiary/aromatic N) is 8. The molecule has 0 saturated carbocycles. The minimum Gasteiger partial charge on any atom is -0.439 e. The zero-order valence-corrected chi connectivity index (χ0v) is 20.4. The molecule has 0 spiro atoms. The highest BCUT2D eigenvalue weighted by Gasteiger charge is 2.20. The van der Waals surface area contributed by atoms with Gasteiger partial charge in [-0.1, -0.05) is 18.2 Å². The van der Waals surface area contributed by atoms with Gasteiger partial charge in [-0.05, 0) is 54.5 Å². The Morgan fingerprint density at radius 3 is 2.36 bits per heavy atom. The van der Waals surface area contributed by atoms with E-state index in [4.69, 9.17) is 4.74 Å². The fraction of sp³-hybridized carbons (Fsp3) is 0.130. The van der Waals surface area contributed by atoms with Gasteiger partial charge in [-0.3, -0.25) is 4.68 Å². The van der Waals surface area contributed by atoms with E-state index in [9.17, 15) is 8.42 Å². The van der Waals surface area contributed by atoms with Crippen molar-refractivity contribution in [2.45, 2.75) is 18.7 Å². The minimum atomic E-state index is -3.97. The standard InChI is InChI=1S/C23H21N9O3S/c1-15-5-4-6-16(2)22(15)20-11-21(35-18-9-7-17(8-10-18)32-26-14-24-30-32)28-23(27-20)29-36(33,34)19-12-25-31(3)13-19/h4-14H,1-3H3,(H,27,28,29). The van der Waals surface area contributed by atoms with Gasteiger partial charge in [0.15, 0.2) is 6.33 Å². The van der Waals surface area contributed by atoms with Crippen LogP contribution in [-0.4, -0.2) is 48.4 Å². The van der Waals surface area contributed by atoms with E-state index in [-0.39, 0.29) is 16.7 Å². The molecule has 0 atom stereocenters. The van der Waals surface area contributed by atoms with E-state index in [2.05, 4.69) is 35.2 Å². The van der Waals surface area contributed by atoms with Crippen molar-refractivity contribution in [1.29, 1.82) is 0 Å². The Bertz CT molecular complexity index is 1610. The summed E-state index contributed by atoms with van der Waals surface area (Å²) in [6, 6.07) is 14.5. The number of benzene rings is 2. The van der Waals surface area contributed by atoms with Gasteiger partial charge in [0.25, 0.3) is 10.0 Å². The number of hydrogen-bond donors (Lipinski definition) is 1. The molecule has 0 saturated heterocycles. The summed E-state index contributed by atoms with van der Waals surface area (Å²) in [5.41, 5.74) is 4.03. The largest absolute Gasteiger partial charge is 0.439 e. The molecule has 0 unspecified atom stereocenters. The van der Waals surface area contributed by atoms with Gasteiger partial charge in [-0.25, -0.2) is 18.1 Å². The maximum atomic E-state index is 12.9. The molecule has 0 amide bonds. The highest BCUT2D eigenvalue weighted by molar-refractivity contribution is 7.92. The molecule has 0 aliphatic heterocycles. The van der Waals surface area contributed by atoms with Crippen molar-refractivity contribution >= 4 is 16.0 Å². The van der Waals surface area contributed by atoms with Gasteiger partial charge in [-0.2, -0.15) is 10.1 Å². The lowest BCUT2D eigenvalue weighted by Crippen LogP contribution is -2.15. The third-order valence-corrected chi connectivity index (χ3v) is 6.58. The van der Waals surface area contributed by atoms with Crippen molar-refractivity contribution in [2.75, 3.05) is 4.72 Å². The first-order valence-electron chi connectivity index (χ1n) is 10.8. The Morgan fingerprint density at radius 1 is 0.972 bits per heavy atom. The Kier molecular flexibility index (Phi) is 5.90. The molecule has 36 heavy (non-hydrogen) atoms. The van der Waals surface area contributed by atoms with Crippen LogP contribution in [0.5, 0.6) is 11.6 Å². The van der Waals surface area contributed by atoms with Crippen LogP contribution in [-0.2, 0) is 17.1 Å². The second kappa shape index (κ2) is 9.19. The lowest BCUT2D eigenvalue weighted by atomic mass is 10.00. The van der Waals surface area contributed by atoms with Crippen LogP contribution >= 0.6 is 0 Å². The molecular formula is C23H21N9O3S. The third kappa shape index (κ3) is 4.77. The van der Waals surface area contributed by atoms with E-state index in [0.717, 1.165) is 16.7 Å². The SMILES string of the molecule is Cc1cccc(C)c1-c1cc(Oc2ccc(-n3ncnn3)cc2)nc(NS(=O)(=O)c2cnn(C)c2)n1. The van der Waals surface area contributed by atoms with Crippen LogP contribution in [0.2, 0.25) is 0 Å². The molecule has 0 fully saturated rings. The number of aromatic nitrogens is 8. The van der Waals surface area contributed by atoms with Gasteiger partial charge in [0.1, 0.15) is 10.6 Å². The minimum absolute atomic E-state index is 0.00847. The topological polar surface area (TPSA) is 143 Å². The van der Waals surface area contributed by atoms with E-state index in [1.54, 1.807) is 37.4 Å². The smallest absolute Gasteiger partial charge is 0.267 e. The lowest BCUT2D eigenvalue weighted by molar-refractivity contribution is 0.462. The quantitative estimate of drug-likeness (QED) is 0.354. The van der Waals surface area contributed by atoms with Crippen molar-refractivity contribution in [3.05, 3.63) is 78.4 Å². The first-order valence-corrected chi connectivity index (χ1v) is 12.3. The summed E-state index contributed by atoms with van der Waals surface area (Å²) in [4.78, 5) is 10.2. The van der Waals surface area contributed by atoms with E-state index in [1.165, 1.54) is 28.2 Å². The maximum absolute atomic E-state index is 12.9. The fourth-order valence-corrected chi connectivity index (χ4v) is 4.57. The average Bonchev–Trinajstić information content (AvgIpc) is 3.52. The zero-order valence-electron chi connectivity index (χ0n) is 19.6. The molecule has 2 aromatic carbocycles.